The van der Waals surface area contributed by atoms with Crippen molar-refractivity contribution in [3.05, 3.63) is 55.7 Å². The molecule has 0 spiro atoms. The Bertz CT molecular complexity index is 1050. The molecular weight excluding hydrogens is 378 g/mol. The Labute approximate surface area is 167 Å². The van der Waals surface area contributed by atoms with Crippen molar-refractivity contribution >= 4 is 17.6 Å². The van der Waals surface area contributed by atoms with Crippen LogP contribution >= 0.6 is 0 Å². The third-order valence-electron chi connectivity index (χ3n) is 4.51. The molecule has 0 saturated heterocycles. The summed E-state index contributed by atoms with van der Waals surface area (Å²) >= 11 is 0. The number of carbonyl (C=O) groups is 2. The van der Waals surface area contributed by atoms with E-state index in [1.54, 1.807) is 12.1 Å². The van der Waals surface area contributed by atoms with E-state index in [-0.39, 0.29) is 17.9 Å². The lowest BCUT2D eigenvalue weighted by atomic mass is 10.1. The first kappa shape index (κ1) is 21.9. The summed E-state index contributed by atoms with van der Waals surface area (Å²) in [5.74, 6) is -1.28. The second kappa shape index (κ2) is 9.22. The molecule has 9 nitrogen and oxygen atoms in total. The van der Waals surface area contributed by atoms with Crippen molar-refractivity contribution in [1.82, 2.24) is 9.13 Å². The number of rotatable bonds is 8. The molecule has 156 valence electrons. The molecule has 0 unspecified atom stereocenters. The zero-order valence-corrected chi connectivity index (χ0v) is 17.0. The van der Waals surface area contributed by atoms with Crippen LogP contribution in [0.25, 0.3) is 0 Å². The zero-order chi connectivity index (χ0) is 21.7. The van der Waals surface area contributed by atoms with Gasteiger partial charge in [0.1, 0.15) is 17.1 Å². The molecular formula is C20H25N3O6. The van der Waals surface area contributed by atoms with Gasteiger partial charge in [0.2, 0.25) is 5.78 Å². The monoisotopic (exact) mass is 403 g/mol. The van der Waals surface area contributed by atoms with Crippen LogP contribution in [0.4, 0.5) is 5.82 Å². The standard InChI is InChI=1S/C20H25N3O6/c1-5-8-23-18(21)17(19(26)22(4)20(23)27)15(24)10-29-16(25)11-28-14-7-6-12(2)13(3)9-14/h6-7,9H,5,8,10-11,21H2,1-4H3. The van der Waals surface area contributed by atoms with E-state index in [1.807, 2.05) is 26.8 Å². The zero-order valence-electron chi connectivity index (χ0n) is 17.0. The van der Waals surface area contributed by atoms with Gasteiger partial charge < -0.3 is 15.2 Å². The number of nitrogens with two attached hydrogens (primary N) is 1. The summed E-state index contributed by atoms with van der Waals surface area (Å²) in [4.78, 5) is 48.8. The first-order chi connectivity index (χ1) is 13.7. The van der Waals surface area contributed by atoms with E-state index in [1.165, 1.54) is 7.05 Å². The molecule has 9 heteroatoms. The second-order valence-corrected chi connectivity index (χ2v) is 6.68. The first-order valence-electron chi connectivity index (χ1n) is 9.15. The number of Topliss-reactive ketones (excluding diaryl/α,β-unsaturated/α-hetero) is 1. The number of benzene rings is 1. The number of hydrogen-bond donors (Lipinski definition) is 1. The molecule has 29 heavy (non-hydrogen) atoms. The van der Waals surface area contributed by atoms with Crippen molar-refractivity contribution in [3.8, 4) is 5.75 Å². The minimum Gasteiger partial charge on any atom is -0.482 e. The molecule has 0 aliphatic rings. The lowest BCUT2D eigenvalue weighted by Gasteiger charge is -2.14. The van der Waals surface area contributed by atoms with Gasteiger partial charge in [-0.25, -0.2) is 9.59 Å². The maximum absolute atomic E-state index is 12.4. The van der Waals surface area contributed by atoms with E-state index in [2.05, 4.69) is 0 Å². The maximum Gasteiger partial charge on any atom is 0.344 e. The molecule has 0 fully saturated rings. The molecule has 0 amide bonds. The molecule has 2 aromatic rings. The molecule has 0 saturated carbocycles. The van der Waals surface area contributed by atoms with Crippen molar-refractivity contribution < 1.29 is 19.1 Å². The van der Waals surface area contributed by atoms with E-state index in [4.69, 9.17) is 15.2 Å². The normalized spacial score (nSPS) is 10.6. The minimum absolute atomic E-state index is 0.229. The second-order valence-electron chi connectivity index (χ2n) is 6.68. The number of aromatic nitrogens is 2. The minimum atomic E-state index is -0.827. The van der Waals surface area contributed by atoms with Crippen molar-refractivity contribution in [3.63, 3.8) is 0 Å². The van der Waals surface area contributed by atoms with Crippen LogP contribution in [0.15, 0.2) is 27.8 Å². The topological polar surface area (TPSA) is 123 Å². The van der Waals surface area contributed by atoms with Crippen LogP contribution in [0.3, 0.4) is 0 Å². The fourth-order valence-electron chi connectivity index (χ4n) is 2.69. The highest BCUT2D eigenvalue weighted by Crippen LogP contribution is 2.16. The highest BCUT2D eigenvalue weighted by molar-refractivity contribution is 6.01. The summed E-state index contributed by atoms with van der Waals surface area (Å²) in [6, 6.07) is 5.38. The molecule has 0 atom stereocenters. The Morgan fingerprint density at radius 1 is 1.10 bits per heavy atom. The van der Waals surface area contributed by atoms with Crippen LogP contribution < -0.4 is 21.7 Å². The highest BCUT2D eigenvalue weighted by atomic mass is 16.6. The SMILES string of the molecule is CCCn1c(N)c(C(=O)COC(=O)COc2ccc(C)c(C)c2)c(=O)n(C)c1=O. The Hall–Kier alpha value is -3.36. The van der Waals surface area contributed by atoms with Crippen molar-refractivity contribution in [2.75, 3.05) is 18.9 Å². The van der Waals surface area contributed by atoms with Gasteiger partial charge in [0.05, 0.1) is 0 Å². The molecule has 2 N–H and O–H groups in total. The van der Waals surface area contributed by atoms with E-state index < -0.39 is 36.2 Å². The van der Waals surface area contributed by atoms with E-state index in [9.17, 15) is 19.2 Å². The fraction of sp³-hybridized carbons (Fsp3) is 0.400. The number of carbonyl (C=O) groups excluding carboxylic acids is 2. The molecule has 0 bridgehead atoms. The number of nitrogen functional groups attached to an aromatic ring is 1. The summed E-state index contributed by atoms with van der Waals surface area (Å²) in [5, 5.41) is 0. The van der Waals surface area contributed by atoms with E-state index >= 15 is 0 Å². The third-order valence-corrected chi connectivity index (χ3v) is 4.51. The quantitative estimate of drug-likeness (QED) is 0.514. The van der Waals surface area contributed by atoms with Crippen molar-refractivity contribution in [2.24, 2.45) is 7.05 Å². The lowest BCUT2D eigenvalue weighted by molar-refractivity contribution is -0.144. The Morgan fingerprint density at radius 2 is 1.79 bits per heavy atom. The predicted molar refractivity (Wildman–Crippen MR) is 107 cm³/mol. The Balaban J connectivity index is 2.07. The van der Waals surface area contributed by atoms with Crippen molar-refractivity contribution in [2.45, 2.75) is 33.7 Å². The number of ether oxygens (including phenoxy) is 2. The van der Waals surface area contributed by atoms with Gasteiger partial charge in [0, 0.05) is 13.6 Å². The Morgan fingerprint density at radius 3 is 2.41 bits per heavy atom. The molecule has 1 aromatic heterocycles. The Kier molecular flexibility index (Phi) is 6.98. The average Bonchev–Trinajstić information content (AvgIpc) is 2.69. The van der Waals surface area contributed by atoms with Crippen LogP contribution in [-0.4, -0.2) is 34.1 Å². The number of ketones is 1. The molecule has 0 aliphatic heterocycles. The molecule has 0 aliphatic carbocycles. The summed E-state index contributed by atoms with van der Waals surface area (Å²) < 4.78 is 12.2. The fourth-order valence-corrected chi connectivity index (χ4v) is 2.69. The summed E-state index contributed by atoms with van der Waals surface area (Å²) in [6.45, 7) is 4.89. The molecule has 1 heterocycles. The van der Waals surface area contributed by atoms with Crippen LogP contribution in [0.1, 0.15) is 34.8 Å². The first-order valence-corrected chi connectivity index (χ1v) is 9.15. The van der Waals surface area contributed by atoms with Crippen LogP contribution in [-0.2, 0) is 23.1 Å². The largest absolute Gasteiger partial charge is 0.482 e. The summed E-state index contributed by atoms with van der Waals surface area (Å²) in [6.07, 6.45) is 0.584. The van der Waals surface area contributed by atoms with Crippen molar-refractivity contribution in [1.29, 1.82) is 0 Å². The molecule has 0 radical (unpaired) electrons. The van der Waals surface area contributed by atoms with Crippen LogP contribution in [0.5, 0.6) is 5.75 Å². The van der Waals surface area contributed by atoms with E-state index in [0.29, 0.717) is 12.2 Å². The lowest BCUT2D eigenvalue weighted by Crippen LogP contribution is -2.43. The number of esters is 1. The van der Waals surface area contributed by atoms with E-state index in [0.717, 1.165) is 20.3 Å². The van der Waals surface area contributed by atoms with Gasteiger partial charge in [0.15, 0.2) is 13.2 Å². The van der Waals surface area contributed by atoms with Gasteiger partial charge in [0.25, 0.3) is 5.56 Å². The van der Waals surface area contributed by atoms with Gasteiger partial charge in [-0.2, -0.15) is 0 Å². The number of hydrogen-bond acceptors (Lipinski definition) is 7. The number of anilines is 1. The van der Waals surface area contributed by atoms with Gasteiger partial charge in [-0.15, -0.1) is 0 Å². The summed E-state index contributed by atoms with van der Waals surface area (Å²) in [5.41, 5.74) is 6.17. The maximum atomic E-state index is 12.4. The summed E-state index contributed by atoms with van der Waals surface area (Å²) in [7, 11) is 1.26. The van der Waals surface area contributed by atoms with Gasteiger partial charge >= 0.3 is 11.7 Å². The number of aryl methyl sites for hydroxylation is 2. The molecule has 1 aromatic carbocycles. The van der Waals surface area contributed by atoms with Gasteiger partial charge in [-0.3, -0.25) is 18.7 Å². The van der Waals surface area contributed by atoms with Crippen LogP contribution in [0, 0.1) is 13.8 Å². The smallest absolute Gasteiger partial charge is 0.344 e. The predicted octanol–water partition coefficient (Wildman–Crippen LogP) is 0.961. The number of nitrogens with zero attached hydrogens (tertiary/aromatic N) is 2. The highest BCUT2D eigenvalue weighted by Gasteiger charge is 2.22. The average molecular weight is 403 g/mol. The molecule has 2 rings (SSSR count). The van der Waals surface area contributed by atoms with Gasteiger partial charge in [-0.05, 0) is 43.5 Å². The third kappa shape index (κ3) is 4.92. The van der Waals surface area contributed by atoms with Gasteiger partial charge in [-0.1, -0.05) is 13.0 Å². The van der Waals surface area contributed by atoms with Crippen LogP contribution in [0.2, 0.25) is 0 Å².